The Kier molecular flexibility index (Phi) is 7.88. The van der Waals surface area contributed by atoms with Crippen LogP contribution in [0.1, 0.15) is 69.4 Å². The number of carbonyl (C=O) groups excluding carboxylic acids is 2. The molecule has 1 fully saturated rings. The average Bonchev–Trinajstić information content (AvgIpc) is 2.92. The van der Waals surface area contributed by atoms with Gasteiger partial charge in [-0.2, -0.15) is 0 Å². The van der Waals surface area contributed by atoms with Crippen molar-refractivity contribution in [3.8, 4) is 11.5 Å². The number of benzene rings is 2. The first kappa shape index (κ1) is 25.2. The van der Waals surface area contributed by atoms with Gasteiger partial charge in [-0.05, 0) is 62.6 Å². The van der Waals surface area contributed by atoms with Gasteiger partial charge in [-0.3, -0.25) is 14.6 Å². The van der Waals surface area contributed by atoms with Gasteiger partial charge in [-0.25, -0.2) is 0 Å². The maximum Gasteiger partial charge on any atom is 0.253 e. The number of nitrogens with zero attached hydrogens (tertiary/aromatic N) is 2. The molecule has 0 aliphatic carbocycles. The Morgan fingerprint density at radius 2 is 1.67 bits per heavy atom. The van der Waals surface area contributed by atoms with Crippen LogP contribution in [0, 0.1) is 6.92 Å². The molecule has 36 heavy (non-hydrogen) atoms. The normalized spacial score (nSPS) is 14.7. The summed E-state index contributed by atoms with van der Waals surface area (Å²) >= 11 is 0. The molecular weight excluding hydrogens is 454 g/mol. The number of rotatable bonds is 7. The zero-order valence-corrected chi connectivity index (χ0v) is 21.3. The zero-order valence-electron chi connectivity index (χ0n) is 21.3. The van der Waals surface area contributed by atoms with E-state index in [-0.39, 0.29) is 23.8 Å². The van der Waals surface area contributed by atoms with Crippen LogP contribution in [0.25, 0.3) is 0 Å². The number of hydrogen-bond acceptors (Lipinski definition) is 5. The van der Waals surface area contributed by atoms with Gasteiger partial charge in [0.05, 0.1) is 31.5 Å². The van der Waals surface area contributed by atoms with Crippen LogP contribution >= 0.6 is 0 Å². The number of carbonyl (C=O) groups is 2. The summed E-state index contributed by atoms with van der Waals surface area (Å²) in [7, 11) is 3.13. The quantitative estimate of drug-likeness (QED) is 0.512. The van der Waals surface area contributed by atoms with Crippen LogP contribution in [-0.4, -0.2) is 49.0 Å². The molecule has 1 aromatic heterocycles. The summed E-state index contributed by atoms with van der Waals surface area (Å²) in [6.07, 6.45) is 1.48. The van der Waals surface area contributed by atoms with Gasteiger partial charge < -0.3 is 19.7 Å². The van der Waals surface area contributed by atoms with E-state index in [1.165, 1.54) is 0 Å². The first-order valence-corrected chi connectivity index (χ1v) is 12.3. The molecular formula is C29H33N3O4. The fraction of sp³-hybridized carbons (Fsp3) is 0.345. The molecule has 0 unspecified atom stereocenters. The lowest BCUT2D eigenvalue weighted by Gasteiger charge is -2.32. The minimum Gasteiger partial charge on any atom is -0.493 e. The summed E-state index contributed by atoms with van der Waals surface area (Å²) in [6, 6.07) is 18.7. The summed E-state index contributed by atoms with van der Waals surface area (Å²) in [5.74, 6) is 1.05. The third-order valence-electron chi connectivity index (χ3n) is 6.76. The van der Waals surface area contributed by atoms with E-state index in [4.69, 9.17) is 14.5 Å². The van der Waals surface area contributed by atoms with Crippen molar-refractivity contribution in [2.75, 3.05) is 27.3 Å². The number of likely N-dealkylation sites (tertiary alicyclic amines) is 1. The van der Waals surface area contributed by atoms with Crippen molar-refractivity contribution >= 4 is 11.8 Å². The number of piperidine rings is 1. The first-order chi connectivity index (χ1) is 17.4. The molecule has 1 saturated heterocycles. The molecule has 2 heterocycles. The van der Waals surface area contributed by atoms with E-state index in [1.807, 2.05) is 61.2 Å². The smallest absolute Gasteiger partial charge is 0.253 e. The largest absolute Gasteiger partial charge is 0.493 e. The Morgan fingerprint density at radius 1 is 0.972 bits per heavy atom. The second-order valence-corrected chi connectivity index (χ2v) is 9.13. The predicted octanol–water partition coefficient (Wildman–Crippen LogP) is 4.92. The fourth-order valence-electron chi connectivity index (χ4n) is 4.69. The van der Waals surface area contributed by atoms with E-state index >= 15 is 0 Å². The van der Waals surface area contributed by atoms with E-state index in [2.05, 4.69) is 5.32 Å². The van der Waals surface area contributed by atoms with E-state index in [0.717, 1.165) is 29.8 Å². The third kappa shape index (κ3) is 5.51. The molecule has 0 saturated carbocycles. The molecule has 2 amide bonds. The lowest BCUT2D eigenvalue weighted by molar-refractivity contribution is 0.0710. The minimum absolute atomic E-state index is 0.0405. The van der Waals surface area contributed by atoms with Gasteiger partial charge in [0, 0.05) is 30.3 Å². The van der Waals surface area contributed by atoms with Gasteiger partial charge in [-0.15, -0.1) is 0 Å². The van der Waals surface area contributed by atoms with Crippen molar-refractivity contribution in [3.63, 3.8) is 0 Å². The standard InChI is InChI=1S/C29H33N3O4/c1-19-10-12-24(28(33)31-20(2)21-8-6-5-7-9-21)27(30-19)22-14-16-32(17-15-22)29(34)23-11-13-25(35-3)26(18-23)36-4/h5-13,18,20,22H,14-17H2,1-4H3,(H,31,33)/t20-/m0/s1. The van der Waals surface area contributed by atoms with E-state index in [9.17, 15) is 9.59 Å². The molecule has 2 aromatic carbocycles. The van der Waals surface area contributed by atoms with Gasteiger partial charge in [0.2, 0.25) is 0 Å². The van der Waals surface area contributed by atoms with Gasteiger partial charge >= 0.3 is 0 Å². The number of aromatic nitrogens is 1. The van der Waals surface area contributed by atoms with Crippen LogP contribution in [0.5, 0.6) is 11.5 Å². The van der Waals surface area contributed by atoms with E-state index in [1.54, 1.807) is 32.4 Å². The second kappa shape index (κ2) is 11.2. The molecule has 4 rings (SSSR count). The van der Waals surface area contributed by atoms with Crippen LogP contribution in [0.2, 0.25) is 0 Å². The molecule has 3 aromatic rings. The molecule has 1 aliphatic heterocycles. The minimum atomic E-state index is -0.127. The highest BCUT2D eigenvalue weighted by Gasteiger charge is 2.29. The lowest BCUT2D eigenvalue weighted by Crippen LogP contribution is -2.38. The number of nitrogens with one attached hydrogen (secondary N) is 1. The number of amides is 2. The van der Waals surface area contributed by atoms with Gasteiger partial charge in [0.1, 0.15) is 0 Å². The predicted molar refractivity (Wildman–Crippen MR) is 139 cm³/mol. The van der Waals surface area contributed by atoms with Gasteiger partial charge in [-0.1, -0.05) is 30.3 Å². The summed E-state index contributed by atoms with van der Waals surface area (Å²) in [5, 5.41) is 3.11. The summed E-state index contributed by atoms with van der Waals surface area (Å²) in [5.41, 5.74) is 3.91. The summed E-state index contributed by atoms with van der Waals surface area (Å²) in [4.78, 5) is 33.0. The van der Waals surface area contributed by atoms with Gasteiger partial charge in [0.15, 0.2) is 11.5 Å². The van der Waals surface area contributed by atoms with Crippen molar-refractivity contribution in [3.05, 3.63) is 88.7 Å². The van der Waals surface area contributed by atoms with Gasteiger partial charge in [0.25, 0.3) is 11.8 Å². The van der Waals surface area contributed by atoms with Crippen LogP contribution in [0.4, 0.5) is 0 Å². The average molecular weight is 488 g/mol. The topological polar surface area (TPSA) is 80.8 Å². The Morgan fingerprint density at radius 3 is 2.33 bits per heavy atom. The van der Waals surface area contributed by atoms with Crippen molar-refractivity contribution in [2.45, 2.75) is 38.6 Å². The molecule has 7 nitrogen and oxygen atoms in total. The van der Waals surface area contributed by atoms with Crippen LogP contribution < -0.4 is 14.8 Å². The highest BCUT2D eigenvalue weighted by molar-refractivity contribution is 5.96. The molecule has 1 aliphatic rings. The highest BCUT2D eigenvalue weighted by Crippen LogP contribution is 2.32. The second-order valence-electron chi connectivity index (χ2n) is 9.13. The Balaban J connectivity index is 1.46. The lowest BCUT2D eigenvalue weighted by atomic mass is 9.89. The maximum absolute atomic E-state index is 13.2. The van der Waals surface area contributed by atoms with Crippen molar-refractivity contribution in [1.29, 1.82) is 0 Å². The molecule has 7 heteroatoms. The van der Waals surface area contributed by atoms with Crippen molar-refractivity contribution in [2.24, 2.45) is 0 Å². The number of pyridine rings is 1. The SMILES string of the molecule is COc1ccc(C(=O)N2CCC(c3nc(C)ccc3C(=O)N[C@@H](C)c3ccccc3)CC2)cc1OC. The molecule has 0 spiro atoms. The fourth-order valence-corrected chi connectivity index (χ4v) is 4.69. The summed E-state index contributed by atoms with van der Waals surface area (Å²) in [6.45, 7) is 5.10. The molecule has 0 radical (unpaired) electrons. The number of ether oxygens (including phenoxy) is 2. The highest BCUT2D eigenvalue weighted by atomic mass is 16.5. The number of hydrogen-bond donors (Lipinski definition) is 1. The Labute approximate surface area is 212 Å². The maximum atomic E-state index is 13.2. The van der Waals surface area contributed by atoms with Crippen molar-refractivity contribution < 1.29 is 19.1 Å². The first-order valence-electron chi connectivity index (χ1n) is 12.3. The Hall–Kier alpha value is -3.87. The Bertz CT molecular complexity index is 1220. The number of methoxy groups -OCH3 is 2. The molecule has 1 N–H and O–H groups in total. The van der Waals surface area contributed by atoms with E-state index < -0.39 is 0 Å². The third-order valence-corrected chi connectivity index (χ3v) is 6.76. The molecule has 188 valence electrons. The molecule has 0 bridgehead atoms. The summed E-state index contributed by atoms with van der Waals surface area (Å²) < 4.78 is 10.6. The monoisotopic (exact) mass is 487 g/mol. The van der Waals surface area contributed by atoms with Crippen LogP contribution in [-0.2, 0) is 0 Å². The zero-order chi connectivity index (χ0) is 25.7. The van der Waals surface area contributed by atoms with Crippen LogP contribution in [0.15, 0.2) is 60.7 Å². The van der Waals surface area contributed by atoms with Crippen LogP contribution in [0.3, 0.4) is 0 Å². The number of aryl methyl sites for hydroxylation is 1. The van der Waals surface area contributed by atoms with E-state index in [0.29, 0.717) is 35.7 Å². The van der Waals surface area contributed by atoms with Crippen molar-refractivity contribution in [1.82, 2.24) is 15.2 Å². The molecule has 1 atom stereocenters.